The van der Waals surface area contributed by atoms with Gasteiger partial charge in [0.25, 0.3) is 6.47 Å². The smallest absolute Gasteiger partial charge is 0.290 e. The summed E-state index contributed by atoms with van der Waals surface area (Å²) in [6, 6.07) is 0.467. The molecule has 10 heteroatoms. The number of carbonyl (C=O) groups excluding carboxylic acids is 2. The predicted octanol–water partition coefficient (Wildman–Crippen LogP) is -0.184. The van der Waals surface area contributed by atoms with Crippen LogP contribution < -0.4 is 5.32 Å². The molecule has 3 aliphatic heterocycles. The van der Waals surface area contributed by atoms with Crippen molar-refractivity contribution in [1.82, 2.24) is 29.9 Å². The molecule has 1 aromatic heterocycles. The predicted molar refractivity (Wildman–Crippen MR) is 104 cm³/mol. The zero-order valence-corrected chi connectivity index (χ0v) is 16.8. The molecule has 0 spiro atoms. The van der Waals surface area contributed by atoms with E-state index in [4.69, 9.17) is 9.90 Å². The van der Waals surface area contributed by atoms with Crippen LogP contribution in [0.4, 0.5) is 0 Å². The summed E-state index contributed by atoms with van der Waals surface area (Å²) in [6.07, 6.45) is 7.43. The number of nitrogens with one attached hydrogen (secondary N) is 1. The monoisotopic (exact) mass is 406 g/mol. The van der Waals surface area contributed by atoms with Gasteiger partial charge in [-0.05, 0) is 31.1 Å². The van der Waals surface area contributed by atoms with Gasteiger partial charge in [0, 0.05) is 52.1 Å². The maximum Gasteiger partial charge on any atom is 0.290 e. The number of carboxylic acid groups (broad SMARTS) is 1. The van der Waals surface area contributed by atoms with Gasteiger partial charge in [0.1, 0.15) is 12.7 Å². The lowest BCUT2D eigenvalue weighted by Crippen LogP contribution is -2.67. The van der Waals surface area contributed by atoms with E-state index in [0.717, 1.165) is 39.0 Å². The van der Waals surface area contributed by atoms with Gasteiger partial charge in [0.15, 0.2) is 0 Å². The first-order chi connectivity index (χ1) is 14.0. The van der Waals surface area contributed by atoms with E-state index in [2.05, 4.69) is 25.3 Å². The molecule has 2 N–H and O–H groups in total. The molecule has 1 aromatic rings. The Hall–Kier alpha value is -2.49. The average Bonchev–Trinajstić information content (AvgIpc) is 3.21. The molecule has 2 amide bonds. The van der Waals surface area contributed by atoms with Gasteiger partial charge in [0.05, 0.1) is 6.04 Å². The van der Waals surface area contributed by atoms with Crippen LogP contribution in [0.2, 0.25) is 0 Å². The number of hydrogen-bond acceptors (Lipinski definition) is 6. The second-order valence-corrected chi connectivity index (χ2v) is 8.09. The van der Waals surface area contributed by atoms with Crippen molar-refractivity contribution in [2.45, 2.75) is 51.2 Å². The highest BCUT2D eigenvalue weighted by Crippen LogP contribution is 2.41. The number of fused-ring (bicyclic) bond motifs is 4. The number of nitrogens with zero attached hydrogens (tertiary/aromatic N) is 5. The Balaban J connectivity index is 0.000000755. The van der Waals surface area contributed by atoms with E-state index >= 15 is 0 Å². The molecule has 0 aliphatic carbocycles. The van der Waals surface area contributed by atoms with E-state index in [1.54, 1.807) is 19.6 Å². The summed E-state index contributed by atoms with van der Waals surface area (Å²) in [7, 11) is 0. The standard InChI is InChI=1S/C18H28N6O2.CH2O2/c1-13(25)19-8-17-15-7-14(16-3-2-4-18(26)24(16)17)9-22(10-15)5-6-23-11-20-21-12-23;2-1-3/h11-12,14-17H,2-10H2,1H3,(H,19,25);1H,(H,2,3)/t14-,15+,16+,17+;/m1./s1. The van der Waals surface area contributed by atoms with E-state index in [0.29, 0.717) is 30.8 Å². The molecular weight excluding hydrogens is 376 g/mol. The molecule has 4 rings (SSSR count). The summed E-state index contributed by atoms with van der Waals surface area (Å²) < 4.78 is 2.01. The first-order valence-corrected chi connectivity index (χ1v) is 10.2. The molecule has 4 heterocycles. The van der Waals surface area contributed by atoms with Crippen LogP contribution in [0.1, 0.15) is 32.6 Å². The van der Waals surface area contributed by atoms with Crippen molar-refractivity contribution in [3.8, 4) is 0 Å². The molecule has 0 unspecified atom stereocenters. The lowest BCUT2D eigenvalue weighted by Gasteiger charge is -2.56. The fourth-order valence-electron chi connectivity index (χ4n) is 5.16. The minimum Gasteiger partial charge on any atom is -0.483 e. The van der Waals surface area contributed by atoms with Gasteiger partial charge < -0.3 is 24.8 Å². The zero-order valence-electron chi connectivity index (χ0n) is 16.8. The van der Waals surface area contributed by atoms with Crippen LogP contribution >= 0.6 is 0 Å². The Labute approximate surface area is 170 Å². The fourth-order valence-corrected chi connectivity index (χ4v) is 5.16. The van der Waals surface area contributed by atoms with Crippen LogP contribution in [0.25, 0.3) is 0 Å². The number of aromatic nitrogens is 3. The van der Waals surface area contributed by atoms with Crippen molar-refractivity contribution in [3.05, 3.63) is 12.7 Å². The van der Waals surface area contributed by atoms with Crippen molar-refractivity contribution >= 4 is 18.3 Å². The molecule has 0 radical (unpaired) electrons. The maximum atomic E-state index is 12.7. The van der Waals surface area contributed by atoms with E-state index in [-0.39, 0.29) is 24.3 Å². The molecule has 3 aliphatic rings. The summed E-state index contributed by atoms with van der Waals surface area (Å²) in [5, 5.41) is 17.6. The summed E-state index contributed by atoms with van der Waals surface area (Å²) in [4.78, 5) is 37.2. The second-order valence-electron chi connectivity index (χ2n) is 8.09. The van der Waals surface area contributed by atoms with E-state index < -0.39 is 0 Å². The van der Waals surface area contributed by atoms with Crippen LogP contribution in [0.15, 0.2) is 12.7 Å². The first-order valence-electron chi connectivity index (χ1n) is 10.2. The van der Waals surface area contributed by atoms with E-state index in [1.807, 2.05) is 4.57 Å². The molecule has 0 aromatic carbocycles. The third kappa shape index (κ3) is 5.11. The molecule has 4 atom stereocenters. The highest BCUT2D eigenvalue weighted by molar-refractivity contribution is 5.78. The lowest BCUT2D eigenvalue weighted by atomic mass is 9.72. The zero-order chi connectivity index (χ0) is 20.8. The number of rotatable bonds is 5. The van der Waals surface area contributed by atoms with Gasteiger partial charge in [-0.2, -0.15) is 0 Å². The van der Waals surface area contributed by atoms with Crippen molar-refractivity contribution in [2.24, 2.45) is 11.8 Å². The Kier molecular flexibility index (Phi) is 7.18. The number of hydrogen-bond donors (Lipinski definition) is 2. The molecular formula is C19H30N6O4. The van der Waals surface area contributed by atoms with Crippen LogP contribution in [0, 0.1) is 11.8 Å². The fraction of sp³-hybridized carbons (Fsp3) is 0.737. The van der Waals surface area contributed by atoms with Crippen molar-refractivity contribution in [1.29, 1.82) is 0 Å². The van der Waals surface area contributed by atoms with E-state index in [9.17, 15) is 9.59 Å². The number of carbonyl (C=O) groups is 3. The van der Waals surface area contributed by atoms with Crippen LogP contribution in [-0.2, 0) is 20.9 Å². The highest BCUT2D eigenvalue weighted by Gasteiger charge is 2.49. The molecule has 29 heavy (non-hydrogen) atoms. The van der Waals surface area contributed by atoms with Gasteiger partial charge in [-0.15, -0.1) is 10.2 Å². The van der Waals surface area contributed by atoms with E-state index in [1.165, 1.54) is 6.42 Å². The Bertz CT molecular complexity index is 697. The van der Waals surface area contributed by atoms with Crippen LogP contribution in [0.5, 0.6) is 0 Å². The minimum absolute atomic E-state index is 0.0200. The third-order valence-electron chi connectivity index (χ3n) is 6.27. The van der Waals surface area contributed by atoms with Gasteiger partial charge in [0.2, 0.25) is 11.8 Å². The normalized spacial score (nSPS) is 28.7. The van der Waals surface area contributed by atoms with Crippen LogP contribution in [0.3, 0.4) is 0 Å². The van der Waals surface area contributed by atoms with Crippen molar-refractivity contribution in [3.63, 3.8) is 0 Å². The van der Waals surface area contributed by atoms with Gasteiger partial charge >= 0.3 is 0 Å². The second kappa shape index (κ2) is 9.82. The largest absolute Gasteiger partial charge is 0.483 e. The Morgan fingerprint density at radius 3 is 2.66 bits per heavy atom. The number of likely N-dealkylation sites (tertiary alicyclic amines) is 1. The average molecular weight is 406 g/mol. The topological polar surface area (TPSA) is 121 Å². The number of amides is 2. The maximum absolute atomic E-state index is 12.7. The summed E-state index contributed by atoms with van der Waals surface area (Å²) >= 11 is 0. The van der Waals surface area contributed by atoms with Crippen molar-refractivity contribution in [2.75, 3.05) is 26.2 Å². The third-order valence-corrected chi connectivity index (χ3v) is 6.27. The SMILES string of the molecule is CC(=O)NC[C@H]1[C@H]2C[C@H](CN(CCn3cnnc3)C2)[C@@H]2CCCC(=O)N21.O=CO. The molecule has 3 fully saturated rings. The lowest BCUT2D eigenvalue weighted by molar-refractivity contribution is -0.153. The number of piperidine rings is 3. The minimum atomic E-state index is -0.250. The molecule has 0 saturated carbocycles. The van der Waals surface area contributed by atoms with Crippen molar-refractivity contribution < 1.29 is 19.5 Å². The quantitative estimate of drug-likeness (QED) is 0.651. The first kappa shape index (κ1) is 21.2. The van der Waals surface area contributed by atoms with Gasteiger partial charge in [-0.1, -0.05) is 0 Å². The molecule has 2 bridgehead atoms. The summed E-state index contributed by atoms with van der Waals surface area (Å²) in [6.45, 7) is 5.77. The summed E-state index contributed by atoms with van der Waals surface area (Å²) in [5.74, 6) is 1.24. The van der Waals surface area contributed by atoms with Crippen LogP contribution in [-0.4, -0.2) is 86.2 Å². The Morgan fingerprint density at radius 1 is 1.28 bits per heavy atom. The Morgan fingerprint density at radius 2 is 1.97 bits per heavy atom. The highest BCUT2D eigenvalue weighted by atomic mass is 16.3. The summed E-state index contributed by atoms with van der Waals surface area (Å²) in [5.41, 5.74) is 0. The van der Waals surface area contributed by atoms with Gasteiger partial charge in [-0.25, -0.2) is 0 Å². The van der Waals surface area contributed by atoms with Gasteiger partial charge in [-0.3, -0.25) is 14.4 Å². The molecule has 3 saturated heterocycles. The molecule has 10 nitrogen and oxygen atoms in total. The molecule has 160 valence electrons.